The number of hydrogen-bond donors (Lipinski definition) is 2. The van der Waals surface area contributed by atoms with E-state index in [-0.39, 0.29) is 11.9 Å². The molecule has 2 unspecified atom stereocenters. The van der Waals surface area contributed by atoms with Crippen LogP contribution in [0.15, 0.2) is 36.4 Å². The van der Waals surface area contributed by atoms with Gasteiger partial charge in [0.15, 0.2) is 0 Å². The molecule has 5 heteroatoms. The third-order valence-electron chi connectivity index (χ3n) is 5.19. The van der Waals surface area contributed by atoms with Gasteiger partial charge >= 0.3 is 6.09 Å². The van der Waals surface area contributed by atoms with Gasteiger partial charge in [0, 0.05) is 23.4 Å². The average molecular weight is 358 g/mol. The zero-order valence-electron chi connectivity index (χ0n) is 16.0. The number of rotatable bonds is 6. The number of carbonyl (C=O) groups is 2. The molecule has 1 fully saturated rings. The van der Waals surface area contributed by atoms with Gasteiger partial charge in [0.25, 0.3) is 5.91 Å². The molecule has 0 radical (unpaired) electrons. The molecule has 2 rings (SSSR count). The van der Waals surface area contributed by atoms with E-state index in [4.69, 9.17) is 4.74 Å². The normalized spacial score (nSPS) is 22.3. The molecule has 142 valence electrons. The number of anilines is 1. The Morgan fingerprint density at radius 3 is 2.42 bits per heavy atom. The minimum Gasteiger partial charge on any atom is -0.410 e. The lowest BCUT2D eigenvalue weighted by molar-refractivity contribution is -0.112. The first-order chi connectivity index (χ1) is 12.4. The highest BCUT2D eigenvalue weighted by Crippen LogP contribution is 2.33. The van der Waals surface area contributed by atoms with Crippen LogP contribution >= 0.6 is 0 Å². The van der Waals surface area contributed by atoms with Crippen molar-refractivity contribution in [2.75, 3.05) is 5.32 Å². The van der Waals surface area contributed by atoms with Gasteiger partial charge in [-0.1, -0.05) is 45.8 Å². The van der Waals surface area contributed by atoms with Gasteiger partial charge in [0.1, 0.15) is 5.75 Å². The summed E-state index contributed by atoms with van der Waals surface area (Å²) < 4.78 is 5.46. The van der Waals surface area contributed by atoms with Crippen molar-refractivity contribution in [1.82, 2.24) is 5.32 Å². The van der Waals surface area contributed by atoms with Gasteiger partial charge in [-0.05, 0) is 43.7 Å². The quantitative estimate of drug-likeness (QED) is 0.711. The van der Waals surface area contributed by atoms with E-state index in [0.717, 1.165) is 25.7 Å². The highest BCUT2D eigenvalue weighted by atomic mass is 16.6. The van der Waals surface area contributed by atoms with E-state index in [1.807, 2.05) is 0 Å². The highest BCUT2D eigenvalue weighted by molar-refractivity contribution is 6.02. The summed E-state index contributed by atoms with van der Waals surface area (Å²) in [5.74, 6) is 1.15. The first-order valence-electron chi connectivity index (χ1n) is 9.49. The molecule has 1 aromatic rings. The van der Waals surface area contributed by atoms with Gasteiger partial charge in [-0.2, -0.15) is 0 Å². The Labute approximate surface area is 156 Å². The standard InChI is InChI=1S/C21H30N2O3/c1-5-15-9-7-10-16(6-2)19(15)23-21(25)26-18-12-8-11-17(13-18)22-20(24)14(3)4/h8,11-13,15-16,19H,3,5-7,9-10H2,1-2,4H3,(H,22,24)(H,23,25). The molecule has 2 N–H and O–H groups in total. The number of amides is 2. The van der Waals surface area contributed by atoms with E-state index < -0.39 is 6.09 Å². The molecule has 1 saturated carbocycles. The summed E-state index contributed by atoms with van der Waals surface area (Å²) in [6, 6.07) is 6.98. The lowest BCUT2D eigenvalue weighted by atomic mass is 9.74. The van der Waals surface area contributed by atoms with Gasteiger partial charge in [-0.15, -0.1) is 0 Å². The summed E-state index contributed by atoms with van der Waals surface area (Å²) in [7, 11) is 0. The van der Waals surface area contributed by atoms with Gasteiger partial charge in [-0.25, -0.2) is 4.79 Å². The zero-order valence-corrected chi connectivity index (χ0v) is 16.0. The Balaban J connectivity index is 2.00. The van der Waals surface area contributed by atoms with Crippen LogP contribution in [-0.4, -0.2) is 18.0 Å². The fourth-order valence-corrected chi connectivity index (χ4v) is 3.69. The molecular weight excluding hydrogens is 328 g/mol. The Morgan fingerprint density at radius 1 is 1.19 bits per heavy atom. The predicted molar refractivity (Wildman–Crippen MR) is 104 cm³/mol. The maximum atomic E-state index is 12.4. The average Bonchev–Trinajstić information content (AvgIpc) is 2.62. The number of hydrogen-bond acceptors (Lipinski definition) is 3. The van der Waals surface area contributed by atoms with Gasteiger partial charge in [0.2, 0.25) is 0 Å². The van der Waals surface area contributed by atoms with Crippen LogP contribution in [0.5, 0.6) is 5.75 Å². The second kappa shape index (κ2) is 9.41. The summed E-state index contributed by atoms with van der Waals surface area (Å²) in [5, 5.41) is 5.80. The van der Waals surface area contributed by atoms with Crippen molar-refractivity contribution in [1.29, 1.82) is 0 Å². The maximum Gasteiger partial charge on any atom is 0.412 e. The van der Waals surface area contributed by atoms with Crippen LogP contribution in [0, 0.1) is 11.8 Å². The van der Waals surface area contributed by atoms with E-state index in [9.17, 15) is 9.59 Å². The van der Waals surface area contributed by atoms with Gasteiger partial charge in [-0.3, -0.25) is 4.79 Å². The Bertz CT molecular complexity index is 644. The Kier molecular flexibility index (Phi) is 7.25. The molecule has 0 saturated heterocycles. The molecule has 0 spiro atoms. The highest BCUT2D eigenvalue weighted by Gasteiger charge is 2.32. The van der Waals surface area contributed by atoms with Crippen LogP contribution in [0.25, 0.3) is 0 Å². The van der Waals surface area contributed by atoms with Crippen LogP contribution in [0.4, 0.5) is 10.5 Å². The maximum absolute atomic E-state index is 12.4. The fourth-order valence-electron chi connectivity index (χ4n) is 3.69. The smallest absolute Gasteiger partial charge is 0.410 e. The fraction of sp³-hybridized carbons (Fsp3) is 0.524. The van der Waals surface area contributed by atoms with Crippen molar-refractivity contribution < 1.29 is 14.3 Å². The minimum atomic E-state index is -0.433. The van der Waals surface area contributed by atoms with Gasteiger partial charge in [0.05, 0.1) is 0 Å². The predicted octanol–water partition coefficient (Wildman–Crippen LogP) is 4.89. The van der Waals surface area contributed by atoms with Crippen molar-refractivity contribution in [2.45, 2.75) is 58.9 Å². The van der Waals surface area contributed by atoms with E-state index >= 15 is 0 Å². The van der Waals surface area contributed by atoms with Crippen molar-refractivity contribution in [3.8, 4) is 5.75 Å². The number of benzene rings is 1. The van der Waals surface area contributed by atoms with Gasteiger partial charge < -0.3 is 15.4 Å². The molecule has 0 bridgehead atoms. The minimum absolute atomic E-state index is 0.164. The second-order valence-corrected chi connectivity index (χ2v) is 7.09. The number of carbonyl (C=O) groups excluding carboxylic acids is 2. The summed E-state index contributed by atoms with van der Waals surface area (Å²) >= 11 is 0. The van der Waals surface area contributed by atoms with Crippen molar-refractivity contribution >= 4 is 17.7 Å². The topological polar surface area (TPSA) is 67.4 Å². The van der Waals surface area contributed by atoms with Crippen LogP contribution < -0.4 is 15.4 Å². The number of ether oxygens (including phenoxy) is 1. The molecule has 0 aliphatic heterocycles. The van der Waals surface area contributed by atoms with E-state index in [0.29, 0.717) is 28.8 Å². The summed E-state index contributed by atoms with van der Waals surface area (Å²) in [4.78, 5) is 24.1. The second-order valence-electron chi connectivity index (χ2n) is 7.09. The molecule has 0 aromatic heterocycles. The van der Waals surface area contributed by atoms with Crippen LogP contribution in [0.2, 0.25) is 0 Å². The first kappa shape index (κ1) is 20.0. The molecule has 2 amide bonds. The lowest BCUT2D eigenvalue weighted by Gasteiger charge is -2.37. The van der Waals surface area contributed by atoms with Crippen LogP contribution in [0.1, 0.15) is 52.9 Å². The molecule has 5 nitrogen and oxygen atoms in total. The monoisotopic (exact) mass is 358 g/mol. The Morgan fingerprint density at radius 2 is 1.85 bits per heavy atom. The third kappa shape index (κ3) is 5.35. The SMILES string of the molecule is C=C(C)C(=O)Nc1cccc(OC(=O)NC2C(CC)CCCC2CC)c1. The van der Waals surface area contributed by atoms with Crippen LogP contribution in [-0.2, 0) is 4.79 Å². The molecule has 1 aromatic carbocycles. The molecule has 0 heterocycles. The van der Waals surface area contributed by atoms with E-state index in [2.05, 4.69) is 31.1 Å². The molecule has 2 atom stereocenters. The Hall–Kier alpha value is -2.30. The third-order valence-corrected chi connectivity index (χ3v) is 5.19. The molecule has 1 aliphatic rings. The molecule has 1 aliphatic carbocycles. The summed E-state index contributed by atoms with van der Waals surface area (Å²) in [5.41, 5.74) is 0.987. The van der Waals surface area contributed by atoms with Crippen molar-refractivity contribution in [3.05, 3.63) is 36.4 Å². The molecular formula is C21H30N2O3. The van der Waals surface area contributed by atoms with Crippen molar-refractivity contribution in [2.24, 2.45) is 11.8 Å². The summed E-state index contributed by atoms with van der Waals surface area (Å²) in [6.45, 7) is 9.60. The van der Waals surface area contributed by atoms with E-state index in [1.54, 1.807) is 31.2 Å². The largest absolute Gasteiger partial charge is 0.412 e. The summed E-state index contributed by atoms with van der Waals surface area (Å²) in [6.07, 6.45) is 5.22. The first-order valence-corrected chi connectivity index (χ1v) is 9.49. The van der Waals surface area contributed by atoms with Crippen molar-refractivity contribution in [3.63, 3.8) is 0 Å². The number of nitrogens with one attached hydrogen (secondary N) is 2. The van der Waals surface area contributed by atoms with E-state index in [1.165, 1.54) is 6.42 Å². The zero-order chi connectivity index (χ0) is 19.1. The molecule has 26 heavy (non-hydrogen) atoms. The lowest BCUT2D eigenvalue weighted by Crippen LogP contribution is -2.48. The van der Waals surface area contributed by atoms with Crippen LogP contribution in [0.3, 0.4) is 0 Å².